The lowest BCUT2D eigenvalue weighted by Gasteiger charge is -2.21. The van der Waals surface area contributed by atoms with Crippen molar-refractivity contribution >= 4 is 34.2 Å². The number of carbonyl (C=O) groups excluding carboxylic acids is 1. The van der Waals surface area contributed by atoms with Crippen LogP contribution in [-0.4, -0.2) is 43.6 Å². The first kappa shape index (κ1) is 17.6. The summed E-state index contributed by atoms with van der Waals surface area (Å²) < 4.78 is 6.59. The van der Waals surface area contributed by atoms with Gasteiger partial charge in [0, 0.05) is 17.6 Å². The number of rotatable bonds is 3. The topological polar surface area (TPSA) is 41.6 Å². The summed E-state index contributed by atoms with van der Waals surface area (Å²) in [6, 6.07) is 7.57. The highest BCUT2D eigenvalue weighted by Gasteiger charge is 2.31. The van der Waals surface area contributed by atoms with Crippen LogP contribution in [0.25, 0.3) is 0 Å². The lowest BCUT2D eigenvalue weighted by molar-refractivity contribution is -0.133. The third kappa shape index (κ3) is 4.37. The van der Waals surface area contributed by atoms with Crippen LogP contribution in [0.4, 0.5) is 0 Å². The van der Waals surface area contributed by atoms with Crippen LogP contribution in [0.5, 0.6) is 5.75 Å². The second kappa shape index (κ2) is 8.18. The molecule has 2 fully saturated rings. The molecule has 0 radical (unpaired) electrons. The third-order valence-corrected chi connectivity index (χ3v) is 5.08. The predicted octanol–water partition coefficient (Wildman–Crippen LogP) is 2.71. The largest absolute Gasteiger partial charge is 0.484 e. The number of hydrogen-bond acceptors (Lipinski definition) is 3. The number of halogens is 2. The van der Waals surface area contributed by atoms with E-state index in [9.17, 15) is 4.79 Å². The van der Waals surface area contributed by atoms with Gasteiger partial charge in [-0.05, 0) is 62.0 Å². The van der Waals surface area contributed by atoms with Crippen molar-refractivity contribution in [3.63, 3.8) is 0 Å². The molecule has 2 aliphatic heterocycles. The lowest BCUT2D eigenvalue weighted by Crippen LogP contribution is -2.36. The Morgan fingerprint density at radius 1 is 1.18 bits per heavy atom. The van der Waals surface area contributed by atoms with Gasteiger partial charge in [0.25, 0.3) is 5.91 Å². The maximum absolute atomic E-state index is 12.3. The van der Waals surface area contributed by atoms with Crippen LogP contribution >= 0.6 is 28.3 Å². The molecule has 0 aliphatic carbocycles. The average molecular weight is 390 g/mol. The van der Waals surface area contributed by atoms with Gasteiger partial charge in [-0.1, -0.05) is 15.9 Å². The Morgan fingerprint density at radius 2 is 1.77 bits per heavy atom. The number of ether oxygens (including phenoxy) is 1. The Labute approximate surface area is 146 Å². The van der Waals surface area contributed by atoms with Crippen LogP contribution in [0.1, 0.15) is 12.8 Å². The standard InChI is InChI=1S/C16H21BrN2O2.ClH/c17-14-1-3-15(4-2-14)21-11-16(20)19-7-5-12-9-18-10-13(12)6-8-19;/h1-4,12-13,18H,5-11H2;1H/t12-,13+;. The number of benzene rings is 1. The molecule has 2 heterocycles. The van der Waals surface area contributed by atoms with Crippen LogP contribution in [0.15, 0.2) is 28.7 Å². The summed E-state index contributed by atoms with van der Waals surface area (Å²) >= 11 is 3.38. The van der Waals surface area contributed by atoms with Gasteiger partial charge in [-0.3, -0.25) is 4.79 Å². The van der Waals surface area contributed by atoms with Gasteiger partial charge in [0.1, 0.15) is 5.75 Å². The Hall–Kier alpha value is -0.780. The molecule has 1 aromatic carbocycles. The molecule has 4 nitrogen and oxygen atoms in total. The Balaban J connectivity index is 0.00000176. The van der Waals surface area contributed by atoms with Crippen LogP contribution in [0.2, 0.25) is 0 Å². The minimum absolute atomic E-state index is 0. The van der Waals surface area contributed by atoms with E-state index in [1.54, 1.807) is 0 Å². The van der Waals surface area contributed by atoms with Gasteiger partial charge in [-0.2, -0.15) is 0 Å². The maximum Gasteiger partial charge on any atom is 0.260 e. The van der Waals surface area contributed by atoms with Crippen molar-refractivity contribution in [3.8, 4) is 5.75 Å². The number of nitrogens with zero attached hydrogens (tertiary/aromatic N) is 1. The van der Waals surface area contributed by atoms with Crippen LogP contribution in [-0.2, 0) is 4.79 Å². The van der Waals surface area contributed by atoms with Crippen LogP contribution in [0, 0.1) is 11.8 Å². The Bertz CT molecular complexity index is 483. The number of fused-ring (bicyclic) bond motifs is 1. The van der Waals surface area contributed by atoms with Gasteiger partial charge in [0.2, 0.25) is 0 Å². The van der Waals surface area contributed by atoms with E-state index in [0.29, 0.717) is 0 Å². The van der Waals surface area contributed by atoms with Crippen LogP contribution in [0.3, 0.4) is 0 Å². The smallest absolute Gasteiger partial charge is 0.260 e. The number of nitrogens with one attached hydrogen (secondary N) is 1. The van der Waals surface area contributed by atoms with Crippen molar-refractivity contribution < 1.29 is 9.53 Å². The molecular formula is C16H22BrClN2O2. The molecule has 2 saturated heterocycles. The zero-order valence-electron chi connectivity index (χ0n) is 12.5. The van der Waals surface area contributed by atoms with E-state index in [0.717, 1.165) is 61.1 Å². The third-order valence-electron chi connectivity index (χ3n) is 4.55. The molecule has 22 heavy (non-hydrogen) atoms. The van der Waals surface area contributed by atoms with Crippen LogP contribution < -0.4 is 10.1 Å². The summed E-state index contributed by atoms with van der Waals surface area (Å²) in [7, 11) is 0. The quantitative estimate of drug-likeness (QED) is 0.864. The van der Waals surface area contributed by atoms with Gasteiger partial charge in [-0.15, -0.1) is 12.4 Å². The number of hydrogen-bond donors (Lipinski definition) is 1. The van der Waals surface area contributed by atoms with E-state index in [-0.39, 0.29) is 24.9 Å². The minimum Gasteiger partial charge on any atom is -0.484 e. The predicted molar refractivity (Wildman–Crippen MR) is 92.5 cm³/mol. The molecule has 1 amide bonds. The van der Waals surface area contributed by atoms with Gasteiger partial charge in [-0.25, -0.2) is 0 Å². The van der Waals surface area contributed by atoms with Crippen molar-refractivity contribution in [2.75, 3.05) is 32.8 Å². The summed E-state index contributed by atoms with van der Waals surface area (Å²) in [5.41, 5.74) is 0. The molecule has 2 atom stereocenters. The molecule has 2 aliphatic rings. The molecule has 0 bridgehead atoms. The average Bonchev–Trinajstić information content (AvgIpc) is 2.85. The molecule has 1 aromatic rings. The van der Waals surface area contributed by atoms with E-state index in [1.165, 1.54) is 0 Å². The van der Waals surface area contributed by atoms with E-state index < -0.39 is 0 Å². The second-order valence-corrected chi connectivity index (χ2v) is 6.79. The van der Waals surface area contributed by atoms with E-state index in [1.807, 2.05) is 29.2 Å². The van der Waals surface area contributed by atoms with E-state index in [4.69, 9.17) is 4.74 Å². The highest BCUT2D eigenvalue weighted by Crippen LogP contribution is 2.27. The molecule has 122 valence electrons. The number of amides is 1. The first-order chi connectivity index (χ1) is 10.2. The molecule has 1 N–H and O–H groups in total. The SMILES string of the molecule is Cl.O=C(COc1ccc(Br)cc1)N1CC[C@@H]2CNC[C@@H]2CC1. The lowest BCUT2D eigenvalue weighted by atomic mass is 9.92. The van der Waals surface area contributed by atoms with Gasteiger partial charge >= 0.3 is 0 Å². The summed E-state index contributed by atoms with van der Waals surface area (Å²) in [6.07, 6.45) is 2.23. The van der Waals surface area contributed by atoms with Gasteiger partial charge in [0.15, 0.2) is 6.61 Å². The molecular weight excluding hydrogens is 368 g/mol. The van der Waals surface area contributed by atoms with E-state index >= 15 is 0 Å². The number of carbonyl (C=O) groups is 1. The fourth-order valence-electron chi connectivity index (χ4n) is 3.23. The Kier molecular flexibility index (Phi) is 6.53. The summed E-state index contributed by atoms with van der Waals surface area (Å²) in [4.78, 5) is 14.3. The van der Waals surface area contributed by atoms with E-state index in [2.05, 4.69) is 21.2 Å². The Morgan fingerprint density at radius 3 is 2.36 bits per heavy atom. The molecule has 0 saturated carbocycles. The summed E-state index contributed by atoms with van der Waals surface area (Å²) in [6.45, 7) is 4.09. The fourth-order valence-corrected chi connectivity index (χ4v) is 3.50. The molecule has 0 aromatic heterocycles. The first-order valence-electron chi connectivity index (χ1n) is 7.59. The zero-order chi connectivity index (χ0) is 14.7. The highest BCUT2D eigenvalue weighted by atomic mass is 79.9. The van der Waals surface area contributed by atoms with Crippen molar-refractivity contribution in [3.05, 3.63) is 28.7 Å². The van der Waals surface area contributed by atoms with Crippen molar-refractivity contribution in [2.24, 2.45) is 11.8 Å². The maximum atomic E-state index is 12.3. The summed E-state index contributed by atoms with van der Waals surface area (Å²) in [5.74, 6) is 2.33. The van der Waals surface area contributed by atoms with Gasteiger partial charge < -0.3 is 15.0 Å². The fraction of sp³-hybridized carbons (Fsp3) is 0.562. The molecule has 6 heteroatoms. The monoisotopic (exact) mass is 388 g/mol. The second-order valence-electron chi connectivity index (χ2n) is 5.88. The van der Waals surface area contributed by atoms with Crippen molar-refractivity contribution in [1.82, 2.24) is 10.2 Å². The number of likely N-dealkylation sites (tertiary alicyclic amines) is 1. The normalized spacial score (nSPS) is 24.1. The highest BCUT2D eigenvalue weighted by molar-refractivity contribution is 9.10. The molecule has 0 spiro atoms. The zero-order valence-corrected chi connectivity index (χ0v) is 14.9. The molecule has 3 rings (SSSR count). The van der Waals surface area contributed by atoms with Crippen molar-refractivity contribution in [1.29, 1.82) is 0 Å². The van der Waals surface area contributed by atoms with Gasteiger partial charge in [0.05, 0.1) is 0 Å². The summed E-state index contributed by atoms with van der Waals surface area (Å²) in [5, 5.41) is 3.46. The first-order valence-corrected chi connectivity index (χ1v) is 8.38. The minimum atomic E-state index is 0. The van der Waals surface area contributed by atoms with Crippen molar-refractivity contribution in [2.45, 2.75) is 12.8 Å². The molecule has 0 unspecified atom stereocenters.